The maximum Gasteiger partial charge on any atom is 0.416 e. The lowest BCUT2D eigenvalue weighted by atomic mass is 10.1. The number of amides is 1. The van der Waals surface area contributed by atoms with Crippen molar-refractivity contribution < 1.29 is 32.1 Å². The van der Waals surface area contributed by atoms with E-state index in [2.05, 4.69) is 15.3 Å². The van der Waals surface area contributed by atoms with E-state index >= 15 is 0 Å². The molecule has 4 rings (SSSR count). The van der Waals surface area contributed by atoms with Gasteiger partial charge in [0, 0.05) is 18.7 Å². The van der Waals surface area contributed by atoms with Gasteiger partial charge in [0.1, 0.15) is 12.2 Å². The summed E-state index contributed by atoms with van der Waals surface area (Å²) in [6.07, 6.45) is -4.01. The van der Waals surface area contributed by atoms with Crippen molar-refractivity contribution in [2.75, 3.05) is 13.1 Å². The summed E-state index contributed by atoms with van der Waals surface area (Å²) in [5, 5.41) is 8.16. The number of oxime groups is 1. The van der Waals surface area contributed by atoms with E-state index in [-0.39, 0.29) is 18.6 Å². The first kappa shape index (κ1) is 27.2. The average Bonchev–Trinajstić information content (AvgIpc) is 3.53. The van der Waals surface area contributed by atoms with Crippen LogP contribution in [0.1, 0.15) is 62.6 Å². The number of alkyl halides is 3. The summed E-state index contributed by atoms with van der Waals surface area (Å²) in [6.45, 7) is 8.33. The van der Waals surface area contributed by atoms with Crippen molar-refractivity contribution in [3.63, 3.8) is 0 Å². The molecule has 0 aliphatic carbocycles. The van der Waals surface area contributed by atoms with E-state index in [1.807, 2.05) is 45.0 Å². The third kappa shape index (κ3) is 6.90. The average molecular weight is 531 g/mol. The Morgan fingerprint density at radius 3 is 2.42 bits per heavy atom. The molecule has 3 aromatic rings. The van der Waals surface area contributed by atoms with Crippen LogP contribution in [0.5, 0.6) is 0 Å². The van der Waals surface area contributed by atoms with Crippen LogP contribution in [-0.4, -0.2) is 45.5 Å². The van der Waals surface area contributed by atoms with Crippen LogP contribution in [0.25, 0.3) is 11.4 Å². The third-order valence-electron chi connectivity index (χ3n) is 5.91. The lowest BCUT2D eigenvalue weighted by Crippen LogP contribution is -2.35. The number of ether oxygens (including phenoxy) is 1. The summed E-state index contributed by atoms with van der Waals surface area (Å²) in [5.74, 6) is 0.860. The van der Waals surface area contributed by atoms with Gasteiger partial charge in [-0.15, -0.1) is 0 Å². The summed E-state index contributed by atoms with van der Waals surface area (Å²) in [6, 6.07) is 12.1. The highest BCUT2D eigenvalue weighted by molar-refractivity contribution is 5.98. The number of likely N-dealkylation sites (tertiary alicyclic amines) is 1. The van der Waals surface area contributed by atoms with Crippen molar-refractivity contribution in [2.45, 2.75) is 58.4 Å². The van der Waals surface area contributed by atoms with E-state index in [0.717, 1.165) is 23.3 Å². The molecule has 2 heterocycles. The van der Waals surface area contributed by atoms with E-state index in [9.17, 15) is 18.0 Å². The Labute approximate surface area is 218 Å². The zero-order valence-electron chi connectivity index (χ0n) is 21.6. The smallest absolute Gasteiger partial charge is 0.416 e. The lowest BCUT2D eigenvalue weighted by Gasteiger charge is -2.24. The van der Waals surface area contributed by atoms with E-state index in [4.69, 9.17) is 14.1 Å². The molecule has 1 aromatic heterocycles. The number of nitrogens with zero attached hydrogens (tertiary/aromatic N) is 4. The van der Waals surface area contributed by atoms with Crippen LogP contribution in [0.4, 0.5) is 18.0 Å². The highest BCUT2D eigenvalue weighted by Gasteiger charge is 2.33. The fraction of sp³-hybridized carbons (Fsp3) is 0.407. The van der Waals surface area contributed by atoms with Gasteiger partial charge in [-0.1, -0.05) is 46.7 Å². The van der Waals surface area contributed by atoms with Gasteiger partial charge < -0.3 is 19.0 Å². The number of hydrogen-bond donors (Lipinski definition) is 0. The number of carbonyl (C=O) groups excluding carboxylic acids is 1. The molecule has 38 heavy (non-hydrogen) atoms. The molecule has 0 spiro atoms. The first-order chi connectivity index (χ1) is 17.9. The fourth-order valence-electron chi connectivity index (χ4n) is 3.88. The Kier molecular flexibility index (Phi) is 7.75. The number of carbonyl (C=O) groups is 1. The molecule has 1 fully saturated rings. The fourth-order valence-corrected chi connectivity index (χ4v) is 3.88. The van der Waals surface area contributed by atoms with E-state index in [1.165, 1.54) is 12.1 Å². The highest BCUT2D eigenvalue weighted by atomic mass is 19.4. The molecule has 2 aromatic carbocycles. The summed E-state index contributed by atoms with van der Waals surface area (Å²) in [4.78, 5) is 23.8. The van der Waals surface area contributed by atoms with Crippen LogP contribution in [0.2, 0.25) is 0 Å². The van der Waals surface area contributed by atoms with Gasteiger partial charge in [-0.25, -0.2) is 4.79 Å². The van der Waals surface area contributed by atoms with Crippen LogP contribution in [-0.2, 0) is 22.4 Å². The first-order valence-corrected chi connectivity index (χ1v) is 12.1. The Bertz CT molecular complexity index is 1280. The topological polar surface area (TPSA) is 90.1 Å². The quantitative estimate of drug-likeness (QED) is 0.270. The molecule has 1 atom stereocenters. The third-order valence-corrected chi connectivity index (χ3v) is 5.91. The first-order valence-electron chi connectivity index (χ1n) is 12.1. The molecule has 202 valence electrons. The summed E-state index contributed by atoms with van der Waals surface area (Å²) < 4.78 is 49.0. The molecule has 0 N–H and O–H groups in total. The van der Waals surface area contributed by atoms with Crippen molar-refractivity contribution in [1.82, 2.24) is 15.0 Å². The van der Waals surface area contributed by atoms with Crippen molar-refractivity contribution in [3.8, 4) is 11.4 Å². The number of halogens is 3. The van der Waals surface area contributed by atoms with Gasteiger partial charge in [-0.2, -0.15) is 18.2 Å². The van der Waals surface area contributed by atoms with Gasteiger partial charge in [0.2, 0.25) is 11.7 Å². The highest BCUT2D eigenvalue weighted by Crippen LogP contribution is 2.30. The SMILES string of the molecule is C/C(=N\OCc1ccc(C(F)(F)F)cc1)c1ccc(-c2noc([C@@H]3CCN(C(=O)OC(C)(C)C)C3)n2)cc1. The molecule has 11 heteroatoms. The monoisotopic (exact) mass is 530 g/mol. The van der Waals surface area contributed by atoms with Gasteiger partial charge in [0.05, 0.1) is 17.2 Å². The Balaban J connectivity index is 1.32. The van der Waals surface area contributed by atoms with Crippen LogP contribution in [0, 0.1) is 0 Å². The van der Waals surface area contributed by atoms with Gasteiger partial charge in [-0.05, 0) is 57.4 Å². The number of rotatable bonds is 6. The van der Waals surface area contributed by atoms with Crippen LogP contribution in [0.15, 0.2) is 58.2 Å². The Hall–Kier alpha value is -3.89. The molecular weight excluding hydrogens is 501 g/mol. The van der Waals surface area contributed by atoms with Crippen molar-refractivity contribution in [1.29, 1.82) is 0 Å². The van der Waals surface area contributed by atoms with Gasteiger partial charge in [0.25, 0.3) is 0 Å². The van der Waals surface area contributed by atoms with Gasteiger partial charge in [0.15, 0.2) is 0 Å². The maximum atomic E-state index is 12.7. The summed E-state index contributed by atoms with van der Waals surface area (Å²) >= 11 is 0. The second-order valence-electron chi connectivity index (χ2n) is 10.1. The Morgan fingerprint density at radius 1 is 1.11 bits per heavy atom. The zero-order chi connectivity index (χ0) is 27.5. The molecule has 1 amide bonds. The summed E-state index contributed by atoms with van der Waals surface area (Å²) in [5.41, 5.74) is 1.47. The van der Waals surface area contributed by atoms with Crippen LogP contribution >= 0.6 is 0 Å². The normalized spacial score (nSPS) is 16.6. The van der Waals surface area contributed by atoms with E-state index < -0.39 is 17.3 Å². The molecule has 0 unspecified atom stereocenters. The predicted octanol–water partition coefficient (Wildman–Crippen LogP) is 6.42. The zero-order valence-corrected chi connectivity index (χ0v) is 21.6. The number of benzene rings is 2. The maximum absolute atomic E-state index is 12.7. The van der Waals surface area contributed by atoms with Crippen LogP contribution < -0.4 is 0 Å². The van der Waals surface area contributed by atoms with Crippen LogP contribution in [0.3, 0.4) is 0 Å². The second kappa shape index (κ2) is 10.8. The van der Waals surface area contributed by atoms with Crippen molar-refractivity contribution in [3.05, 3.63) is 71.1 Å². The molecule has 0 bridgehead atoms. The van der Waals surface area contributed by atoms with Crippen molar-refractivity contribution >= 4 is 11.8 Å². The largest absolute Gasteiger partial charge is 0.444 e. The molecule has 1 aliphatic rings. The number of hydrogen-bond acceptors (Lipinski definition) is 7. The molecular formula is C27H29F3N4O4. The molecule has 1 aliphatic heterocycles. The molecule has 0 saturated carbocycles. The van der Waals surface area contributed by atoms with E-state index in [0.29, 0.717) is 42.5 Å². The molecule has 0 radical (unpaired) electrons. The second-order valence-corrected chi connectivity index (χ2v) is 10.1. The minimum Gasteiger partial charge on any atom is -0.444 e. The molecule has 8 nitrogen and oxygen atoms in total. The van der Waals surface area contributed by atoms with Crippen molar-refractivity contribution in [2.24, 2.45) is 5.16 Å². The minimum absolute atomic E-state index is 0.0473. The predicted molar refractivity (Wildman–Crippen MR) is 133 cm³/mol. The Morgan fingerprint density at radius 2 is 1.79 bits per heavy atom. The minimum atomic E-state index is -4.37. The standard InChI is InChI=1S/C27H29F3N4O4/c1-17(32-36-16-18-5-11-22(12-6-18)27(28,29)30)19-7-9-20(10-8-19)23-31-24(38-33-23)21-13-14-34(15-21)25(35)37-26(2,3)4/h5-12,21H,13-16H2,1-4H3/b32-17+/t21-/m1/s1. The van der Waals surface area contributed by atoms with Gasteiger partial charge >= 0.3 is 12.3 Å². The van der Waals surface area contributed by atoms with Gasteiger partial charge in [-0.3, -0.25) is 0 Å². The number of aromatic nitrogens is 2. The summed E-state index contributed by atoms with van der Waals surface area (Å²) in [7, 11) is 0. The lowest BCUT2D eigenvalue weighted by molar-refractivity contribution is -0.137. The van der Waals surface area contributed by atoms with E-state index in [1.54, 1.807) is 11.8 Å². The molecule has 1 saturated heterocycles.